The molecule has 0 unspecified atom stereocenters. The number of hydrogen-bond acceptors (Lipinski definition) is 3. The second-order valence-electron chi connectivity index (χ2n) is 5.11. The molecule has 0 heterocycles. The second kappa shape index (κ2) is 9.10. The van der Waals surface area contributed by atoms with Crippen LogP contribution in [0.5, 0.6) is 11.5 Å². The van der Waals surface area contributed by atoms with Crippen LogP contribution in [0.15, 0.2) is 23.2 Å². The van der Waals surface area contributed by atoms with Gasteiger partial charge in [-0.25, -0.2) is 0 Å². The lowest BCUT2D eigenvalue weighted by atomic mass is 10.1. The zero-order valence-corrected chi connectivity index (χ0v) is 13.7. The van der Waals surface area contributed by atoms with Crippen LogP contribution < -0.4 is 20.1 Å². The van der Waals surface area contributed by atoms with Gasteiger partial charge in [0, 0.05) is 25.3 Å². The van der Waals surface area contributed by atoms with Gasteiger partial charge in [0.1, 0.15) is 0 Å². The quantitative estimate of drug-likeness (QED) is 0.599. The molecule has 5 nitrogen and oxygen atoms in total. The first-order valence-electron chi connectivity index (χ1n) is 7.39. The van der Waals surface area contributed by atoms with Crippen LogP contribution in [0.2, 0.25) is 0 Å². The average Bonchev–Trinajstić information content (AvgIpc) is 2.46. The van der Waals surface area contributed by atoms with Gasteiger partial charge in [-0.05, 0) is 31.4 Å². The molecule has 0 bridgehead atoms. The SMILES string of the molecule is CCOc1cc(NC(=NC)NCCC(C)C)ccc1OC. The van der Waals surface area contributed by atoms with Crippen molar-refractivity contribution < 1.29 is 9.47 Å². The third-order valence-electron chi connectivity index (χ3n) is 2.96. The van der Waals surface area contributed by atoms with Crippen molar-refractivity contribution in [2.45, 2.75) is 27.2 Å². The fraction of sp³-hybridized carbons (Fsp3) is 0.562. The monoisotopic (exact) mass is 293 g/mol. The van der Waals surface area contributed by atoms with Crippen molar-refractivity contribution in [1.29, 1.82) is 0 Å². The van der Waals surface area contributed by atoms with E-state index in [4.69, 9.17) is 9.47 Å². The van der Waals surface area contributed by atoms with Gasteiger partial charge in [-0.15, -0.1) is 0 Å². The highest BCUT2D eigenvalue weighted by Gasteiger charge is 2.07. The van der Waals surface area contributed by atoms with Crippen molar-refractivity contribution in [3.63, 3.8) is 0 Å². The molecule has 118 valence electrons. The molecule has 0 atom stereocenters. The second-order valence-corrected chi connectivity index (χ2v) is 5.11. The number of aliphatic imine (C=N–C) groups is 1. The fourth-order valence-electron chi connectivity index (χ4n) is 1.82. The summed E-state index contributed by atoms with van der Waals surface area (Å²) in [5.41, 5.74) is 0.914. The summed E-state index contributed by atoms with van der Waals surface area (Å²) >= 11 is 0. The number of ether oxygens (including phenoxy) is 2. The normalized spacial score (nSPS) is 11.4. The maximum absolute atomic E-state index is 5.57. The molecule has 0 fully saturated rings. The molecule has 0 aliphatic rings. The van der Waals surface area contributed by atoms with Crippen LogP contribution in [0.4, 0.5) is 5.69 Å². The van der Waals surface area contributed by atoms with Gasteiger partial charge in [0.05, 0.1) is 13.7 Å². The first kappa shape index (κ1) is 17.1. The number of rotatable bonds is 7. The summed E-state index contributed by atoms with van der Waals surface area (Å²) in [6.07, 6.45) is 1.10. The number of benzene rings is 1. The molecule has 0 aliphatic heterocycles. The third-order valence-corrected chi connectivity index (χ3v) is 2.96. The Hall–Kier alpha value is -1.91. The average molecular weight is 293 g/mol. The van der Waals surface area contributed by atoms with Crippen LogP contribution in [-0.2, 0) is 0 Å². The molecule has 0 amide bonds. The van der Waals surface area contributed by atoms with Gasteiger partial charge >= 0.3 is 0 Å². The van der Waals surface area contributed by atoms with Crippen molar-refractivity contribution in [3.8, 4) is 11.5 Å². The first-order valence-corrected chi connectivity index (χ1v) is 7.39. The molecular formula is C16H27N3O2. The Bertz CT molecular complexity index is 459. The lowest BCUT2D eigenvalue weighted by Gasteiger charge is -2.15. The molecule has 1 aromatic rings. The minimum Gasteiger partial charge on any atom is -0.493 e. The van der Waals surface area contributed by atoms with Crippen molar-refractivity contribution in [1.82, 2.24) is 5.32 Å². The number of anilines is 1. The molecule has 0 saturated carbocycles. The van der Waals surface area contributed by atoms with E-state index in [9.17, 15) is 0 Å². The summed E-state index contributed by atoms with van der Waals surface area (Å²) in [4.78, 5) is 4.22. The summed E-state index contributed by atoms with van der Waals surface area (Å²) in [6.45, 7) is 7.85. The van der Waals surface area contributed by atoms with Gasteiger partial charge in [-0.1, -0.05) is 13.8 Å². The van der Waals surface area contributed by atoms with Gasteiger partial charge < -0.3 is 20.1 Å². The number of nitrogens with zero attached hydrogens (tertiary/aromatic N) is 1. The molecule has 5 heteroatoms. The van der Waals surface area contributed by atoms with E-state index < -0.39 is 0 Å². The Balaban J connectivity index is 2.69. The predicted octanol–water partition coefficient (Wildman–Crippen LogP) is 3.13. The zero-order chi connectivity index (χ0) is 15.7. The van der Waals surface area contributed by atoms with E-state index in [1.54, 1.807) is 14.2 Å². The van der Waals surface area contributed by atoms with Gasteiger partial charge in [0.25, 0.3) is 0 Å². The topological polar surface area (TPSA) is 54.9 Å². The number of hydrogen-bond donors (Lipinski definition) is 2. The molecular weight excluding hydrogens is 266 g/mol. The first-order chi connectivity index (χ1) is 10.1. The molecule has 0 spiro atoms. The Morgan fingerprint density at radius 2 is 2.05 bits per heavy atom. The van der Waals surface area contributed by atoms with Crippen LogP contribution in [0, 0.1) is 5.92 Å². The highest BCUT2D eigenvalue weighted by Crippen LogP contribution is 2.30. The molecule has 0 aromatic heterocycles. The standard InChI is InChI=1S/C16H27N3O2/c1-6-21-15-11-13(7-8-14(15)20-5)19-16(17-4)18-10-9-12(2)3/h7-8,11-12H,6,9-10H2,1-5H3,(H2,17,18,19). The Morgan fingerprint density at radius 3 is 2.62 bits per heavy atom. The maximum atomic E-state index is 5.57. The van der Waals surface area contributed by atoms with Crippen LogP contribution in [0.25, 0.3) is 0 Å². The van der Waals surface area contributed by atoms with E-state index in [0.717, 1.165) is 36.1 Å². The van der Waals surface area contributed by atoms with Gasteiger partial charge in [0.15, 0.2) is 17.5 Å². The van der Waals surface area contributed by atoms with E-state index in [2.05, 4.69) is 29.5 Å². The lowest BCUT2D eigenvalue weighted by molar-refractivity contribution is 0.311. The number of methoxy groups -OCH3 is 1. The summed E-state index contributed by atoms with van der Waals surface area (Å²) in [5, 5.41) is 6.55. The minimum atomic E-state index is 0.598. The van der Waals surface area contributed by atoms with Gasteiger partial charge in [-0.3, -0.25) is 4.99 Å². The number of nitrogens with one attached hydrogen (secondary N) is 2. The fourth-order valence-corrected chi connectivity index (χ4v) is 1.82. The molecule has 0 radical (unpaired) electrons. The van der Waals surface area contributed by atoms with Crippen LogP contribution in [0.1, 0.15) is 27.2 Å². The summed E-state index contributed by atoms with van der Waals surface area (Å²) in [5.74, 6) is 2.87. The summed E-state index contributed by atoms with van der Waals surface area (Å²) in [6, 6.07) is 5.74. The molecule has 2 N–H and O–H groups in total. The van der Waals surface area contributed by atoms with Crippen molar-refractivity contribution >= 4 is 11.6 Å². The van der Waals surface area contributed by atoms with Gasteiger partial charge in [0.2, 0.25) is 0 Å². The highest BCUT2D eigenvalue weighted by molar-refractivity contribution is 5.93. The van der Waals surface area contributed by atoms with Crippen LogP contribution >= 0.6 is 0 Å². The third kappa shape index (κ3) is 5.94. The van der Waals surface area contributed by atoms with Crippen molar-refractivity contribution in [2.75, 3.05) is 32.6 Å². The van der Waals surface area contributed by atoms with Crippen molar-refractivity contribution in [2.24, 2.45) is 10.9 Å². The predicted molar refractivity (Wildman–Crippen MR) is 88.6 cm³/mol. The Morgan fingerprint density at radius 1 is 1.29 bits per heavy atom. The molecule has 1 rings (SSSR count). The number of guanidine groups is 1. The van der Waals surface area contributed by atoms with Crippen LogP contribution in [-0.4, -0.2) is 33.3 Å². The lowest BCUT2D eigenvalue weighted by Crippen LogP contribution is -2.31. The van der Waals surface area contributed by atoms with E-state index in [0.29, 0.717) is 12.5 Å². The minimum absolute atomic E-state index is 0.598. The van der Waals surface area contributed by atoms with Crippen molar-refractivity contribution in [3.05, 3.63) is 18.2 Å². The molecule has 1 aromatic carbocycles. The summed E-state index contributed by atoms with van der Waals surface area (Å²) < 4.78 is 10.8. The molecule has 0 aliphatic carbocycles. The Labute approximate surface area is 127 Å². The van der Waals surface area contributed by atoms with Crippen LogP contribution in [0.3, 0.4) is 0 Å². The smallest absolute Gasteiger partial charge is 0.195 e. The van der Waals surface area contributed by atoms with E-state index in [1.807, 2.05) is 25.1 Å². The molecule has 21 heavy (non-hydrogen) atoms. The largest absolute Gasteiger partial charge is 0.493 e. The maximum Gasteiger partial charge on any atom is 0.195 e. The van der Waals surface area contributed by atoms with E-state index in [1.165, 1.54) is 0 Å². The summed E-state index contributed by atoms with van der Waals surface area (Å²) in [7, 11) is 3.40. The van der Waals surface area contributed by atoms with E-state index >= 15 is 0 Å². The molecule has 0 saturated heterocycles. The zero-order valence-electron chi connectivity index (χ0n) is 13.7. The van der Waals surface area contributed by atoms with E-state index in [-0.39, 0.29) is 0 Å². The van der Waals surface area contributed by atoms with Gasteiger partial charge in [-0.2, -0.15) is 0 Å². The highest BCUT2D eigenvalue weighted by atomic mass is 16.5. The Kier molecular flexibility index (Phi) is 7.43.